The van der Waals surface area contributed by atoms with Gasteiger partial charge in [0.15, 0.2) is 0 Å². The summed E-state index contributed by atoms with van der Waals surface area (Å²) < 4.78 is 12.0. The minimum absolute atomic E-state index is 0.197. The Morgan fingerprint density at radius 2 is 2.00 bits per heavy atom. The van der Waals surface area contributed by atoms with E-state index in [1.165, 1.54) is 0 Å². The average molecular weight is 381 g/mol. The fourth-order valence-electron chi connectivity index (χ4n) is 3.67. The maximum Gasteiger partial charge on any atom is 0.329 e. The third kappa shape index (κ3) is 2.74. The van der Waals surface area contributed by atoms with Gasteiger partial charge in [0.1, 0.15) is 17.0 Å². The molecular weight excluding hydrogens is 358 g/mol. The summed E-state index contributed by atoms with van der Waals surface area (Å²) in [5, 5.41) is 2.76. The van der Waals surface area contributed by atoms with Crippen LogP contribution in [-0.4, -0.2) is 22.5 Å². The van der Waals surface area contributed by atoms with Crippen LogP contribution in [0.25, 0.3) is 0 Å². The zero-order valence-corrected chi connectivity index (χ0v) is 16.4. The number of amides is 3. The van der Waals surface area contributed by atoms with Crippen molar-refractivity contribution in [2.75, 3.05) is 4.90 Å². The Labute approximate surface area is 163 Å². The van der Waals surface area contributed by atoms with E-state index in [-0.39, 0.29) is 11.8 Å². The van der Waals surface area contributed by atoms with Gasteiger partial charge in [0.2, 0.25) is 5.88 Å². The number of fused-ring (bicyclic) bond motifs is 1. The van der Waals surface area contributed by atoms with Gasteiger partial charge in [0, 0.05) is 11.8 Å². The standard InChI is InChI=1S/C21H23N3O4/c1-5-21(4)18(25)24(19(26)23-21)14-9-7-11-22-17(14)28-15-10-6-8-13-12-27-20(2,3)16(13)15/h6-11H,5,12H2,1-4H3,(H,23,26)/t21-/m1/s1. The van der Waals surface area contributed by atoms with Crippen molar-refractivity contribution >= 4 is 17.6 Å². The van der Waals surface area contributed by atoms with Gasteiger partial charge >= 0.3 is 6.03 Å². The molecule has 1 N–H and O–H groups in total. The zero-order chi connectivity index (χ0) is 20.1. The molecule has 0 bridgehead atoms. The molecule has 1 saturated heterocycles. The Morgan fingerprint density at radius 3 is 2.71 bits per heavy atom. The Balaban J connectivity index is 1.75. The second-order valence-corrected chi connectivity index (χ2v) is 7.78. The zero-order valence-electron chi connectivity index (χ0n) is 16.4. The van der Waals surface area contributed by atoms with Gasteiger partial charge < -0.3 is 14.8 Å². The summed E-state index contributed by atoms with van der Waals surface area (Å²) in [5.41, 5.74) is 0.878. The minimum atomic E-state index is -0.936. The average Bonchev–Trinajstić information content (AvgIpc) is 3.10. The first-order valence-electron chi connectivity index (χ1n) is 9.33. The molecule has 1 aromatic carbocycles. The Morgan fingerprint density at radius 1 is 1.21 bits per heavy atom. The van der Waals surface area contributed by atoms with Crippen molar-refractivity contribution in [1.82, 2.24) is 10.3 Å². The first-order chi connectivity index (χ1) is 13.3. The Kier molecular flexibility index (Phi) is 4.15. The SMILES string of the molecule is CC[C@@]1(C)NC(=O)N(c2cccnc2Oc2cccc3c2C(C)(C)OC3)C1=O. The smallest absolute Gasteiger partial charge is 0.329 e. The molecule has 146 valence electrons. The van der Waals surface area contributed by atoms with Crippen LogP contribution in [0.1, 0.15) is 45.2 Å². The molecule has 7 nitrogen and oxygen atoms in total. The lowest BCUT2D eigenvalue weighted by Gasteiger charge is -2.23. The molecule has 3 amide bonds. The maximum absolute atomic E-state index is 12.9. The van der Waals surface area contributed by atoms with Gasteiger partial charge in [-0.05, 0) is 51.0 Å². The number of pyridine rings is 1. The summed E-state index contributed by atoms with van der Waals surface area (Å²) >= 11 is 0. The third-order valence-electron chi connectivity index (χ3n) is 5.47. The lowest BCUT2D eigenvalue weighted by atomic mass is 9.95. The van der Waals surface area contributed by atoms with Crippen LogP contribution in [0.15, 0.2) is 36.5 Å². The van der Waals surface area contributed by atoms with Crippen molar-refractivity contribution < 1.29 is 19.1 Å². The first kappa shape index (κ1) is 18.4. The van der Waals surface area contributed by atoms with Crippen LogP contribution in [-0.2, 0) is 21.7 Å². The van der Waals surface area contributed by atoms with E-state index < -0.39 is 17.2 Å². The number of imide groups is 1. The highest BCUT2D eigenvalue weighted by Crippen LogP contribution is 2.44. The fraction of sp³-hybridized carbons (Fsp3) is 0.381. The second-order valence-electron chi connectivity index (χ2n) is 7.78. The Bertz CT molecular complexity index is 972. The maximum atomic E-state index is 12.9. The molecule has 0 saturated carbocycles. The number of carbonyl (C=O) groups excluding carboxylic acids is 2. The predicted molar refractivity (Wildman–Crippen MR) is 103 cm³/mol. The summed E-state index contributed by atoms with van der Waals surface area (Å²) in [6.45, 7) is 8.05. The molecule has 2 aliphatic heterocycles. The molecule has 1 atom stereocenters. The topological polar surface area (TPSA) is 80.8 Å². The molecule has 0 radical (unpaired) electrons. The van der Waals surface area contributed by atoms with Crippen LogP contribution in [0.3, 0.4) is 0 Å². The van der Waals surface area contributed by atoms with E-state index in [2.05, 4.69) is 10.3 Å². The number of hydrogen-bond acceptors (Lipinski definition) is 5. The van der Waals surface area contributed by atoms with E-state index in [9.17, 15) is 9.59 Å². The highest BCUT2D eigenvalue weighted by atomic mass is 16.5. The molecule has 0 aliphatic carbocycles. The van der Waals surface area contributed by atoms with Crippen molar-refractivity contribution in [2.24, 2.45) is 0 Å². The number of benzene rings is 1. The molecule has 1 aromatic heterocycles. The van der Waals surface area contributed by atoms with Crippen LogP contribution in [0.2, 0.25) is 0 Å². The van der Waals surface area contributed by atoms with Gasteiger partial charge in [-0.2, -0.15) is 0 Å². The van der Waals surface area contributed by atoms with E-state index in [4.69, 9.17) is 9.47 Å². The number of urea groups is 1. The quantitative estimate of drug-likeness (QED) is 0.814. The van der Waals surface area contributed by atoms with E-state index in [1.807, 2.05) is 39.0 Å². The predicted octanol–water partition coefficient (Wildman–Crippen LogP) is 3.86. The van der Waals surface area contributed by atoms with E-state index in [0.717, 1.165) is 16.0 Å². The van der Waals surface area contributed by atoms with Gasteiger partial charge in [-0.3, -0.25) is 4.79 Å². The molecule has 0 unspecified atom stereocenters. The molecule has 2 aromatic rings. The number of ether oxygens (including phenoxy) is 2. The van der Waals surface area contributed by atoms with Crippen molar-refractivity contribution in [3.05, 3.63) is 47.7 Å². The van der Waals surface area contributed by atoms with Gasteiger partial charge in [0.05, 0.1) is 12.2 Å². The lowest BCUT2D eigenvalue weighted by Crippen LogP contribution is -2.43. The molecular formula is C21H23N3O4. The van der Waals surface area contributed by atoms with Gasteiger partial charge in [-0.1, -0.05) is 19.1 Å². The molecule has 4 rings (SSSR count). The number of carbonyl (C=O) groups is 2. The minimum Gasteiger partial charge on any atom is -0.437 e. The summed E-state index contributed by atoms with van der Waals surface area (Å²) in [6.07, 6.45) is 2.06. The van der Waals surface area contributed by atoms with E-state index in [0.29, 0.717) is 24.5 Å². The van der Waals surface area contributed by atoms with Gasteiger partial charge in [-0.15, -0.1) is 0 Å². The normalized spacial score (nSPS) is 22.9. The number of nitrogens with zero attached hydrogens (tertiary/aromatic N) is 2. The fourth-order valence-corrected chi connectivity index (χ4v) is 3.67. The largest absolute Gasteiger partial charge is 0.437 e. The van der Waals surface area contributed by atoms with E-state index >= 15 is 0 Å². The highest BCUT2D eigenvalue weighted by molar-refractivity contribution is 6.23. The summed E-state index contributed by atoms with van der Waals surface area (Å²) in [6, 6.07) is 8.59. The second kappa shape index (κ2) is 6.31. The molecule has 1 fully saturated rings. The summed E-state index contributed by atoms with van der Waals surface area (Å²) in [7, 11) is 0. The van der Waals surface area contributed by atoms with Crippen LogP contribution >= 0.6 is 0 Å². The van der Waals surface area contributed by atoms with Crippen molar-refractivity contribution in [3.8, 4) is 11.6 Å². The van der Waals surface area contributed by atoms with Gasteiger partial charge in [0.25, 0.3) is 5.91 Å². The van der Waals surface area contributed by atoms with Crippen molar-refractivity contribution in [2.45, 2.75) is 51.9 Å². The number of hydrogen-bond donors (Lipinski definition) is 1. The van der Waals surface area contributed by atoms with Gasteiger partial charge in [-0.25, -0.2) is 14.7 Å². The highest BCUT2D eigenvalue weighted by Gasteiger charge is 2.48. The van der Waals surface area contributed by atoms with Crippen LogP contribution in [0.5, 0.6) is 11.6 Å². The summed E-state index contributed by atoms with van der Waals surface area (Å²) in [5.74, 6) is 0.479. The molecule has 0 spiro atoms. The molecule has 28 heavy (non-hydrogen) atoms. The summed E-state index contributed by atoms with van der Waals surface area (Å²) in [4.78, 5) is 30.9. The van der Waals surface area contributed by atoms with Crippen LogP contribution < -0.4 is 15.0 Å². The van der Waals surface area contributed by atoms with Crippen molar-refractivity contribution in [1.29, 1.82) is 0 Å². The number of anilines is 1. The molecule has 2 aliphatic rings. The molecule has 3 heterocycles. The van der Waals surface area contributed by atoms with Crippen LogP contribution in [0.4, 0.5) is 10.5 Å². The van der Waals surface area contributed by atoms with Crippen molar-refractivity contribution in [3.63, 3.8) is 0 Å². The van der Waals surface area contributed by atoms with E-state index in [1.54, 1.807) is 25.3 Å². The monoisotopic (exact) mass is 381 g/mol. The number of nitrogens with one attached hydrogen (secondary N) is 1. The number of rotatable bonds is 4. The number of aromatic nitrogens is 1. The lowest BCUT2D eigenvalue weighted by molar-refractivity contribution is -0.121. The first-order valence-corrected chi connectivity index (χ1v) is 9.33. The Hall–Kier alpha value is -2.93. The third-order valence-corrected chi connectivity index (χ3v) is 5.47. The molecule has 7 heteroatoms. The van der Waals surface area contributed by atoms with Crippen LogP contribution in [0, 0.1) is 0 Å².